The van der Waals surface area contributed by atoms with Crippen molar-refractivity contribution in [3.05, 3.63) is 76.1 Å². The van der Waals surface area contributed by atoms with Gasteiger partial charge in [0.15, 0.2) is 22.3 Å². The molecule has 5 rings (SSSR count). The second-order valence-electron chi connectivity index (χ2n) is 10.4. The zero-order valence-electron chi connectivity index (χ0n) is 22.5. The van der Waals surface area contributed by atoms with Crippen molar-refractivity contribution in [1.29, 1.82) is 0 Å². The molecule has 0 radical (unpaired) electrons. The number of hydrogen-bond donors (Lipinski definition) is 1. The fourth-order valence-corrected chi connectivity index (χ4v) is 6.17. The summed E-state index contributed by atoms with van der Waals surface area (Å²) in [5.41, 5.74) is 7.61. The molecule has 3 aliphatic heterocycles. The van der Waals surface area contributed by atoms with Gasteiger partial charge in [0.05, 0.1) is 22.4 Å². The van der Waals surface area contributed by atoms with Crippen LogP contribution in [0.5, 0.6) is 0 Å². The van der Waals surface area contributed by atoms with Crippen LogP contribution in [0.3, 0.4) is 0 Å². The Hall–Kier alpha value is -2.56. The van der Waals surface area contributed by atoms with Crippen molar-refractivity contribution in [2.24, 2.45) is 4.99 Å². The molecule has 9 heteroatoms. The highest BCUT2D eigenvalue weighted by Crippen LogP contribution is 2.37. The summed E-state index contributed by atoms with van der Waals surface area (Å²) in [6.07, 6.45) is 0.478. The molecular weight excluding hydrogens is 486 g/mol. The first-order valence-corrected chi connectivity index (χ1v) is 14.4. The van der Waals surface area contributed by atoms with E-state index in [4.69, 9.17) is 9.73 Å². The number of aliphatic imine (C=N–C) groups is 1. The van der Waals surface area contributed by atoms with Crippen LogP contribution in [0.15, 0.2) is 63.7 Å². The molecule has 2 atom stereocenters. The maximum atomic E-state index is 12.6. The topological polar surface area (TPSA) is 77.5 Å². The standard InChI is InChI=1S/C28H37N5O3S/c1-18(2)37(34,35)24-11-9-20(10-12-24)25-17-31(4)19(3)26(30-25)28-33(6)32(5)27(36-28)22-7-8-23-16-29-14-13-21(23)15-22/h7-12,15,18,27-29H,13-14,16-17H2,1-6H3. The van der Waals surface area contributed by atoms with E-state index in [0.717, 1.165) is 47.7 Å². The van der Waals surface area contributed by atoms with Crippen LogP contribution in [-0.4, -0.2) is 74.8 Å². The van der Waals surface area contributed by atoms with Gasteiger partial charge in [-0.05, 0) is 68.1 Å². The lowest BCUT2D eigenvalue weighted by molar-refractivity contribution is 0.0147. The van der Waals surface area contributed by atoms with Crippen molar-refractivity contribution >= 4 is 15.5 Å². The number of sulfone groups is 1. The fraction of sp³-hybridized carbons (Fsp3) is 0.464. The molecule has 1 fully saturated rings. The Morgan fingerprint density at radius 2 is 1.70 bits per heavy atom. The van der Waals surface area contributed by atoms with Crippen molar-refractivity contribution in [2.75, 3.05) is 34.2 Å². The van der Waals surface area contributed by atoms with Gasteiger partial charge in [-0.2, -0.15) is 0 Å². The van der Waals surface area contributed by atoms with E-state index >= 15 is 0 Å². The van der Waals surface area contributed by atoms with Crippen LogP contribution in [0.2, 0.25) is 0 Å². The molecule has 0 spiro atoms. The van der Waals surface area contributed by atoms with Gasteiger partial charge in [0.2, 0.25) is 0 Å². The summed E-state index contributed by atoms with van der Waals surface area (Å²) in [5.74, 6) is 0. The summed E-state index contributed by atoms with van der Waals surface area (Å²) in [6.45, 7) is 8.03. The zero-order valence-corrected chi connectivity index (χ0v) is 23.3. The second kappa shape index (κ2) is 9.96. The van der Waals surface area contributed by atoms with Crippen LogP contribution in [0.1, 0.15) is 49.3 Å². The lowest BCUT2D eigenvalue weighted by Gasteiger charge is -2.31. The Labute approximate surface area is 220 Å². The Morgan fingerprint density at radius 1 is 1.00 bits per heavy atom. The molecule has 2 aromatic rings. The van der Waals surface area contributed by atoms with Crippen molar-refractivity contribution in [1.82, 2.24) is 20.2 Å². The van der Waals surface area contributed by atoms with E-state index < -0.39 is 15.1 Å². The normalized spacial score (nSPS) is 23.5. The molecule has 37 heavy (non-hydrogen) atoms. The highest BCUT2D eigenvalue weighted by atomic mass is 32.2. The summed E-state index contributed by atoms with van der Waals surface area (Å²) in [6, 6.07) is 13.7. The number of nitrogens with one attached hydrogen (secondary N) is 1. The van der Waals surface area contributed by atoms with Crippen LogP contribution < -0.4 is 5.32 Å². The van der Waals surface area contributed by atoms with Gasteiger partial charge in [0, 0.05) is 33.4 Å². The van der Waals surface area contributed by atoms with Gasteiger partial charge in [-0.3, -0.25) is 0 Å². The first-order valence-electron chi connectivity index (χ1n) is 12.8. The van der Waals surface area contributed by atoms with E-state index in [-0.39, 0.29) is 12.5 Å². The lowest BCUT2D eigenvalue weighted by atomic mass is 9.98. The number of benzene rings is 2. The fourth-order valence-electron chi connectivity index (χ4n) is 5.11. The molecule has 8 nitrogen and oxygen atoms in total. The molecule has 1 saturated heterocycles. The average Bonchev–Trinajstić information content (AvgIpc) is 3.19. The van der Waals surface area contributed by atoms with E-state index in [0.29, 0.717) is 11.4 Å². The van der Waals surface area contributed by atoms with E-state index in [9.17, 15) is 8.42 Å². The largest absolute Gasteiger partial charge is 0.371 e. The summed E-state index contributed by atoms with van der Waals surface area (Å²) in [4.78, 5) is 7.59. The maximum absolute atomic E-state index is 12.6. The SMILES string of the molecule is CC1=C(C2OC(c3ccc4c(c3)CCNC4)N(C)N2C)N=C(c2ccc(S(=O)(=O)C(C)C)cc2)CN1C. The Morgan fingerprint density at radius 3 is 2.41 bits per heavy atom. The third kappa shape index (κ3) is 4.75. The number of rotatable bonds is 5. The van der Waals surface area contributed by atoms with E-state index in [1.54, 1.807) is 26.0 Å². The molecule has 0 saturated carbocycles. The Bertz CT molecular complexity index is 1350. The molecule has 0 bridgehead atoms. The van der Waals surface area contributed by atoms with Gasteiger partial charge < -0.3 is 15.0 Å². The molecule has 2 aromatic carbocycles. The molecule has 3 aliphatic rings. The molecule has 2 unspecified atom stereocenters. The zero-order chi connectivity index (χ0) is 26.5. The van der Waals surface area contributed by atoms with Gasteiger partial charge in [0.25, 0.3) is 0 Å². The minimum atomic E-state index is -3.31. The minimum absolute atomic E-state index is 0.207. The van der Waals surface area contributed by atoms with Crippen molar-refractivity contribution in [3.63, 3.8) is 0 Å². The van der Waals surface area contributed by atoms with E-state index in [1.165, 1.54) is 11.1 Å². The number of likely N-dealkylation sites (N-methyl/N-ethyl adjacent to an activating group) is 2. The van der Waals surface area contributed by atoms with Crippen LogP contribution in [-0.2, 0) is 27.5 Å². The first kappa shape index (κ1) is 26.1. The van der Waals surface area contributed by atoms with Gasteiger partial charge >= 0.3 is 0 Å². The summed E-state index contributed by atoms with van der Waals surface area (Å²) in [5, 5.41) is 7.20. The number of hydrogen-bond acceptors (Lipinski definition) is 8. The molecule has 0 aliphatic carbocycles. The highest BCUT2D eigenvalue weighted by Gasteiger charge is 2.41. The number of hydrazine groups is 1. The van der Waals surface area contributed by atoms with E-state index in [1.807, 2.05) is 26.2 Å². The van der Waals surface area contributed by atoms with Crippen LogP contribution in [0, 0.1) is 0 Å². The monoisotopic (exact) mass is 523 g/mol. The molecule has 0 aromatic heterocycles. The predicted octanol–water partition coefficient (Wildman–Crippen LogP) is 3.31. The van der Waals surface area contributed by atoms with Crippen LogP contribution >= 0.6 is 0 Å². The summed E-state index contributed by atoms with van der Waals surface area (Å²) in [7, 11) is 2.81. The quantitative estimate of drug-likeness (QED) is 0.644. The number of allylic oxidation sites excluding steroid dienone is 1. The molecule has 1 N–H and O–H groups in total. The van der Waals surface area contributed by atoms with Crippen molar-refractivity contribution < 1.29 is 13.2 Å². The van der Waals surface area contributed by atoms with Gasteiger partial charge in [-0.25, -0.2) is 23.4 Å². The summed E-state index contributed by atoms with van der Waals surface area (Å²) >= 11 is 0. The number of fused-ring (bicyclic) bond motifs is 1. The summed E-state index contributed by atoms with van der Waals surface area (Å²) < 4.78 is 31.8. The van der Waals surface area contributed by atoms with Crippen LogP contribution in [0.4, 0.5) is 0 Å². The lowest BCUT2D eigenvalue weighted by Crippen LogP contribution is -2.40. The van der Waals surface area contributed by atoms with Crippen molar-refractivity contribution in [2.45, 2.75) is 56.3 Å². The third-order valence-corrected chi connectivity index (χ3v) is 9.96. The molecule has 0 amide bonds. The second-order valence-corrected chi connectivity index (χ2v) is 13.0. The molecular formula is C28H37N5O3S. The maximum Gasteiger partial charge on any atom is 0.180 e. The molecule has 3 heterocycles. The average molecular weight is 524 g/mol. The highest BCUT2D eigenvalue weighted by molar-refractivity contribution is 7.92. The number of ether oxygens (including phenoxy) is 1. The van der Waals surface area contributed by atoms with Gasteiger partial charge in [0.1, 0.15) is 5.70 Å². The van der Waals surface area contributed by atoms with Gasteiger partial charge in [-0.1, -0.05) is 30.3 Å². The van der Waals surface area contributed by atoms with Gasteiger partial charge in [-0.15, -0.1) is 0 Å². The van der Waals surface area contributed by atoms with Crippen LogP contribution in [0.25, 0.3) is 0 Å². The van der Waals surface area contributed by atoms with Crippen molar-refractivity contribution in [3.8, 4) is 0 Å². The Balaban J connectivity index is 1.43. The first-order chi connectivity index (χ1) is 17.6. The Kier molecular flexibility index (Phi) is 7.02. The third-order valence-electron chi connectivity index (χ3n) is 7.79. The predicted molar refractivity (Wildman–Crippen MR) is 146 cm³/mol. The van der Waals surface area contributed by atoms with E-state index in [2.05, 4.69) is 52.4 Å². The molecule has 198 valence electrons. The minimum Gasteiger partial charge on any atom is -0.371 e. The smallest absolute Gasteiger partial charge is 0.180 e. The number of nitrogens with zero attached hydrogens (tertiary/aromatic N) is 4.